The highest BCUT2D eigenvalue weighted by atomic mass is 16.2. The fraction of sp³-hybridized carbons (Fsp3) is 0.333. The number of nitrogens with zero attached hydrogens (tertiary/aromatic N) is 2. The van der Waals surface area contributed by atoms with E-state index in [1.807, 2.05) is 7.05 Å². The first kappa shape index (κ1) is 7.28. The van der Waals surface area contributed by atoms with Crippen LogP contribution in [0.25, 0.3) is 0 Å². The van der Waals surface area contributed by atoms with Crippen LogP contribution in [0.5, 0.6) is 0 Å². The van der Waals surface area contributed by atoms with E-state index in [0.29, 0.717) is 0 Å². The van der Waals surface area contributed by atoms with Crippen molar-refractivity contribution in [2.75, 3.05) is 13.6 Å². The molecule has 0 atom stereocenters. The molecule has 12 heavy (non-hydrogen) atoms. The molecule has 1 aromatic rings. The Labute approximate surface area is 71.0 Å². The van der Waals surface area contributed by atoms with E-state index in [2.05, 4.69) is 4.98 Å². The van der Waals surface area contributed by atoms with Crippen molar-refractivity contribution in [1.82, 2.24) is 9.88 Å². The van der Waals surface area contributed by atoms with E-state index < -0.39 is 0 Å². The lowest BCUT2D eigenvalue weighted by atomic mass is 10.0. The number of hydrogen-bond acceptors (Lipinski definition) is 2. The Kier molecular flexibility index (Phi) is 1.57. The van der Waals surface area contributed by atoms with Crippen molar-refractivity contribution in [3.05, 3.63) is 29.6 Å². The largest absolute Gasteiger partial charge is 0.341 e. The van der Waals surface area contributed by atoms with E-state index in [1.54, 1.807) is 23.4 Å². The Hall–Kier alpha value is -1.38. The maximum Gasteiger partial charge on any atom is 0.253 e. The predicted octanol–water partition coefficient (Wildman–Crippen LogP) is 0.710. The second-order valence-corrected chi connectivity index (χ2v) is 3.01. The van der Waals surface area contributed by atoms with Gasteiger partial charge in [0.05, 0.1) is 0 Å². The highest BCUT2D eigenvalue weighted by Crippen LogP contribution is 2.15. The fourth-order valence-corrected chi connectivity index (χ4v) is 1.43. The molecule has 62 valence electrons. The number of rotatable bonds is 0. The molecule has 2 heterocycles. The van der Waals surface area contributed by atoms with Crippen LogP contribution >= 0.6 is 0 Å². The Balaban J connectivity index is 2.49. The van der Waals surface area contributed by atoms with Crippen molar-refractivity contribution in [3.63, 3.8) is 0 Å². The molecule has 0 N–H and O–H groups in total. The van der Waals surface area contributed by atoms with Gasteiger partial charge in [0, 0.05) is 31.5 Å². The summed E-state index contributed by atoms with van der Waals surface area (Å²) >= 11 is 0. The standard InChI is InChI=1S/C9H10N2O/c1-11-5-3-7-6-10-4-2-8(7)9(11)12/h2,4,6H,3,5H2,1H3. The Morgan fingerprint density at radius 3 is 3.25 bits per heavy atom. The summed E-state index contributed by atoms with van der Waals surface area (Å²) in [5.74, 6) is 0.110. The molecule has 1 aromatic heterocycles. The number of carbonyl (C=O) groups is 1. The van der Waals surface area contributed by atoms with Crippen molar-refractivity contribution < 1.29 is 4.79 Å². The summed E-state index contributed by atoms with van der Waals surface area (Å²) in [5.41, 5.74) is 1.87. The molecule has 2 rings (SSSR count). The number of pyridine rings is 1. The number of carbonyl (C=O) groups excluding carboxylic acids is 1. The van der Waals surface area contributed by atoms with Gasteiger partial charge < -0.3 is 4.90 Å². The van der Waals surface area contributed by atoms with E-state index in [0.717, 1.165) is 24.1 Å². The number of likely N-dealkylation sites (N-methyl/N-ethyl adjacent to an activating group) is 1. The third-order valence-electron chi connectivity index (χ3n) is 2.20. The molecule has 0 aliphatic carbocycles. The van der Waals surface area contributed by atoms with Gasteiger partial charge in [-0.25, -0.2) is 0 Å². The monoisotopic (exact) mass is 162 g/mol. The van der Waals surface area contributed by atoms with Crippen molar-refractivity contribution in [2.45, 2.75) is 6.42 Å². The van der Waals surface area contributed by atoms with Crippen LogP contribution < -0.4 is 0 Å². The van der Waals surface area contributed by atoms with E-state index in [-0.39, 0.29) is 5.91 Å². The van der Waals surface area contributed by atoms with E-state index in [9.17, 15) is 4.79 Å². The zero-order valence-corrected chi connectivity index (χ0v) is 6.95. The van der Waals surface area contributed by atoms with Crippen molar-refractivity contribution >= 4 is 5.91 Å². The van der Waals surface area contributed by atoms with Gasteiger partial charge in [-0.1, -0.05) is 0 Å². The van der Waals surface area contributed by atoms with Crippen molar-refractivity contribution in [3.8, 4) is 0 Å². The minimum Gasteiger partial charge on any atom is -0.341 e. The summed E-state index contributed by atoms with van der Waals surface area (Å²) in [6.45, 7) is 0.803. The average Bonchev–Trinajstić information content (AvgIpc) is 2.12. The molecule has 0 saturated carbocycles. The van der Waals surface area contributed by atoms with Gasteiger partial charge in [-0.3, -0.25) is 9.78 Å². The summed E-state index contributed by atoms with van der Waals surface area (Å²) < 4.78 is 0. The molecule has 3 heteroatoms. The van der Waals surface area contributed by atoms with Crippen LogP contribution in [0.4, 0.5) is 0 Å². The zero-order chi connectivity index (χ0) is 8.55. The SMILES string of the molecule is CN1CCc2cnccc2C1=O. The predicted molar refractivity (Wildman–Crippen MR) is 44.9 cm³/mol. The normalized spacial score (nSPS) is 16.1. The quantitative estimate of drug-likeness (QED) is 0.563. The first-order chi connectivity index (χ1) is 5.79. The number of fused-ring (bicyclic) bond motifs is 1. The topological polar surface area (TPSA) is 33.2 Å². The van der Waals surface area contributed by atoms with Gasteiger partial charge in [-0.05, 0) is 18.1 Å². The molecule has 1 aliphatic heterocycles. The van der Waals surface area contributed by atoms with Crippen LogP contribution in [0.2, 0.25) is 0 Å². The summed E-state index contributed by atoms with van der Waals surface area (Å²) in [4.78, 5) is 17.2. The molecule has 0 fully saturated rings. The summed E-state index contributed by atoms with van der Waals surface area (Å²) in [7, 11) is 1.83. The van der Waals surface area contributed by atoms with Gasteiger partial charge >= 0.3 is 0 Å². The fourth-order valence-electron chi connectivity index (χ4n) is 1.43. The number of amides is 1. The van der Waals surface area contributed by atoms with E-state index in [1.165, 1.54) is 0 Å². The first-order valence-corrected chi connectivity index (χ1v) is 3.97. The lowest BCUT2D eigenvalue weighted by molar-refractivity contribution is 0.0780. The lowest BCUT2D eigenvalue weighted by Gasteiger charge is -2.23. The molecule has 0 bridgehead atoms. The van der Waals surface area contributed by atoms with Crippen LogP contribution in [0.15, 0.2) is 18.5 Å². The van der Waals surface area contributed by atoms with Crippen molar-refractivity contribution in [2.24, 2.45) is 0 Å². The second kappa shape index (κ2) is 2.59. The maximum absolute atomic E-state index is 11.5. The minimum absolute atomic E-state index is 0.110. The van der Waals surface area contributed by atoms with Gasteiger partial charge in [0.15, 0.2) is 0 Å². The lowest BCUT2D eigenvalue weighted by Crippen LogP contribution is -2.34. The molecule has 0 unspecified atom stereocenters. The van der Waals surface area contributed by atoms with E-state index >= 15 is 0 Å². The molecular weight excluding hydrogens is 152 g/mol. The van der Waals surface area contributed by atoms with Gasteiger partial charge in [0.2, 0.25) is 0 Å². The smallest absolute Gasteiger partial charge is 0.253 e. The minimum atomic E-state index is 0.110. The first-order valence-electron chi connectivity index (χ1n) is 3.97. The van der Waals surface area contributed by atoms with Crippen molar-refractivity contribution in [1.29, 1.82) is 0 Å². The van der Waals surface area contributed by atoms with Crippen LogP contribution in [-0.4, -0.2) is 29.4 Å². The van der Waals surface area contributed by atoms with Crippen LogP contribution in [0, 0.1) is 0 Å². The molecule has 0 aromatic carbocycles. The number of aromatic nitrogens is 1. The second-order valence-electron chi connectivity index (χ2n) is 3.01. The van der Waals surface area contributed by atoms with Crippen LogP contribution in [0.1, 0.15) is 15.9 Å². The number of hydrogen-bond donors (Lipinski definition) is 0. The molecule has 0 radical (unpaired) electrons. The maximum atomic E-state index is 11.5. The van der Waals surface area contributed by atoms with Gasteiger partial charge in [0.1, 0.15) is 0 Å². The highest BCUT2D eigenvalue weighted by Gasteiger charge is 2.20. The zero-order valence-electron chi connectivity index (χ0n) is 6.95. The summed E-state index contributed by atoms with van der Waals surface area (Å²) in [6.07, 6.45) is 4.36. The highest BCUT2D eigenvalue weighted by molar-refractivity contribution is 5.96. The third-order valence-corrected chi connectivity index (χ3v) is 2.20. The Bertz CT molecular complexity index is 322. The average molecular weight is 162 g/mol. The molecule has 3 nitrogen and oxygen atoms in total. The molecule has 1 amide bonds. The van der Waals surface area contributed by atoms with Gasteiger partial charge in [-0.2, -0.15) is 0 Å². The van der Waals surface area contributed by atoms with Crippen LogP contribution in [-0.2, 0) is 6.42 Å². The molecular formula is C9H10N2O. The molecule has 0 spiro atoms. The van der Waals surface area contributed by atoms with E-state index in [4.69, 9.17) is 0 Å². The summed E-state index contributed by atoms with van der Waals surface area (Å²) in [6, 6.07) is 1.79. The Morgan fingerprint density at radius 1 is 1.58 bits per heavy atom. The van der Waals surface area contributed by atoms with Gasteiger partial charge in [-0.15, -0.1) is 0 Å². The Morgan fingerprint density at radius 2 is 2.42 bits per heavy atom. The third kappa shape index (κ3) is 0.978. The van der Waals surface area contributed by atoms with Gasteiger partial charge in [0.25, 0.3) is 5.91 Å². The van der Waals surface area contributed by atoms with Crippen LogP contribution in [0.3, 0.4) is 0 Å². The molecule has 0 saturated heterocycles. The summed E-state index contributed by atoms with van der Waals surface area (Å²) in [5, 5.41) is 0. The molecule has 1 aliphatic rings.